The Labute approximate surface area is 150 Å². The first-order valence-electron chi connectivity index (χ1n) is 8.02. The number of hydrogen-bond donors (Lipinski definition) is 2. The second-order valence-electron chi connectivity index (χ2n) is 5.80. The third kappa shape index (κ3) is 6.30. The molecule has 0 radical (unpaired) electrons. The van der Waals surface area contributed by atoms with Crippen LogP contribution in [0.15, 0.2) is 29.0 Å². The summed E-state index contributed by atoms with van der Waals surface area (Å²) < 4.78 is 0. The van der Waals surface area contributed by atoms with Crippen molar-refractivity contribution < 1.29 is 19.8 Å². The molecular formula is C17H23NO4S2. The first-order valence-corrected chi connectivity index (χ1v) is 10.1. The zero-order valence-electron chi connectivity index (χ0n) is 13.5. The maximum atomic E-state index is 11.7. The van der Waals surface area contributed by atoms with Gasteiger partial charge in [-0.2, -0.15) is 23.1 Å². The van der Waals surface area contributed by atoms with Gasteiger partial charge in [0.2, 0.25) is 5.91 Å². The van der Waals surface area contributed by atoms with Crippen molar-refractivity contribution >= 4 is 35.0 Å². The Morgan fingerprint density at radius 3 is 3.00 bits per heavy atom. The van der Waals surface area contributed by atoms with Crippen LogP contribution in [0, 0.1) is 0 Å². The second-order valence-corrected chi connectivity index (χ2v) is 7.69. The summed E-state index contributed by atoms with van der Waals surface area (Å²) in [5, 5.41) is 22.6. The number of carbonyl (C=O) groups excluding carboxylic acids is 1. The first kappa shape index (κ1) is 19.0. The van der Waals surface area contributed by atoms with Crippen molar-refractivity contribution in [3.05, 3.63) is 34.5 Å². The van der Waals surface area contributed by atoms with E-state index >= 15 is 0 Å². The van der Waals surface area contributed by atoms with Gasteiger partial charge in [-0.05, 0) is 41.0 Å². The molecule has 0 spiro atoms. The van der Waals surface area contributed by atoms with Gasteiger partial charge >= 0.3 is 5.97 Å². The highest BCUT2D eigenvalue weighted by atomic mass is 32.2. The molecule has 1 aliphatic rings. The fourth-order valence-electron chi connectivity index (χ4n) is 2.56. The number of aliphatic hydroxyl groups excluding tert-OH is 1. The number of amides is 1. The van der Waals surface area contributed by atoms with Crippen molar-refractivity contribution in [1.82, 2.24) is 4.90 Å². The molecule has 1 aromatic heterocycles. The van der Waals surface area contributed by atoms with Gasteiger partial charge in [-0.3, -0.25) is 9.59 Å². The predicted octanol–water partition coefficient (Wildman–Crippen LogP) is 2.41. The Morgan fingerprint density at radius 1 is 1.50 bits per heavy atom. The summed E-state index contributed by atoms with van der Waals surface area (Å²) in [7, 11) is 0. The quantitative estimate of drug-likeness (QED) is 0.356. The normalized spacial score (nSPS) is 18.8. The topological polar surface area (TPSA) is 77.8 Å². The van der Waals surface area contributed by atoms with Crippen LogP contribution in [-0.4, -0.2) is 57.2 Å². The number of unbranched alkanes of at least 4 members (excludes halogenated alkanes) is 1. The van der Waals surface area contributed by atoms with Gasteiger partial charge in [0.25, 0.3) is 0 Å². The van der Waals surface area contributed by atoms with Crippen LogP contribution in [0.4, 0.5) is 0 Å². The van der Waals surface area contributed by atoms with E-state index in [2.05, 4.69) is 0 Å². The minimum atomic E-state index is -0.788. The number of carbonyl (C=O) groups is 2. The largest absolute Gasteiger partial charge is 0.481 e. The Bertz CT molecular complexity index is 559. The number of likely N-dealkylation sites (tertiary alicyclic amines) is 1. The standard InChI is InChI=1S/C17H23NO4S2/c19-15(9-13-5-8-24-11-13)4-3-14-10-16(20)18(14)6-1-2-7-23-12-17(21)22/h3-5,8,11,14-15,19H,1-2,6-7,9-10,12H2,(H,21,22)/t14-,15?/m0/s1. The van der Waals surface area contributed by atoms with E-state index in [1.54, 1.807) is 17.4 Å². The minimum Gasteiger partial charge on any atom is -0.481 e. The van der Waals surface area contributed by atoms with Crippen LogP contribution in [0.2, 0.25) is 0 Å². The van der Waals surface area contributed by atoms with E-state index in [0.29, 0.717) is 19.4 Å². The average Bonchev–Trinajstić information content (AvgIpc) is 3.02. The Balaban J connectivity index is 1.65. The van der Waals surface area contributed by atoms with Crippen LogP contribution in [0.25, 0.3) is 0 Å². The number of thiophene rings is 1. The molecule has 0 aromatic carbocycles. The van der Waals surface area contributed by atoms with Crippen molar-refractivity contribution in [2.75, 3.05) is 18.1 Å². The fourth-order valence-corrected chi connectivity index (χ4v) is 3.97. The van der Waals surface area contributed by atoms with Gasteiger partial charge in [0.1, 0.15) is 0 Å². The zero-order valence-corrected chi connectivity index (χ0v) is 15.1. The van der Waals surface area contributed by atoms with Crippen LogP contribution in [0.3, 0.4) is 0 Å². The van der Waals surface area contributed by atoms with Crippen LogP contribution >= 0.6 is 23.1 Å². The summed E-state index contributed by atoms with van der Waals surface area (Å²) in [4.78, 5) is 23.9. The maximum absolute atomic E-state index is 11.7. The van der Waals surface area contributed by atoms with Gasteiger partial charge in [0.15, 0.2) is 0 Å². The van der Waals surface area contributed by atoms with E-state index in [1.165, 1.54) is 11.8 Å². The van der Waals surface area contributed by atoms with Crippen molar-refractivity contribution in [1.29, 1.82) is 0 Å². The van der Waals surface area contributed by atoms with Gasteiger partial charge < -0.3 is 15.1 Å². The van der Waals surface area contributed by atoms with Gasteiger partial charge in [-0.25, -0.2) is 0 Å². The molecule has 7 heteroatoms. The van der Waals surface area contributed by atoms with E-state index in [-0.39, 0.29) is 17.7 Å². The van der Waals surface area contributed by atoms with Crippen LogP contribution in [0.5, 0.6) is 0 Å². The van der Waals surface area contributed by atoms with Crippen molar-refractivity contribution in [2.45, 2.75) is 37.8 Å². The molecule has 5 nitrogen and oxygen atoms in total. The molecular weight excluding hydrogens is 346 g/mol. The molecule has 24 heavy (non-hydrogen) atoms. The number of rotatable bonds is 11. The Hall–Kier alpha value is -1.31. The molecule has 1 unspecified atom stereocenters. The molecule has 1 amide bonds. The fraction of sp³-hybridized carbons (Fsp3) is 0.529. The predicted molar refractivity (Wildman–Crippen MR) is 97.5 cm³/mol. The van der Waals surface area contributed by atoms with Gasteiger partial charge in [0, 0.05) is 13.0 Å². The molecule has 2 rings (SSSR count). The van der Waals surface area contributed by atoms with E-state index < -0.39 is 12.1 Å². The van der Waals surface area contributed by atoms with Crippen LogP contribution in [-0.2, 0) is 16.0 Å². The summed E-state index contributed by atoms with van der Waals surface area (Å²) in [6, 6.07) is 2.09. The smallest absolute Gasteiger partial charge is 0.313 e. The number of carboxylic acid groups (broad SMARTS) is 1. The molecule has 2 atom stereocenters. The van der Waals surface area contributed by atoms with Crippen molar-refractivity contribution in [3.63, 3.8) is 0 Å². The van der Waals surface area contributed by atoms with Gasteiger partial charge in [-0.15, -0.1) is 0 Å². The lowest BCUT2D eigenvalue weighted by Gasteiger charge is -2.39. The lowest BCUT2D eigenvalue weighted by atomic mass is 9.99. The summed E-state index contributed by atoms with van der Waals surface area (Å²) in [6.45, 7) is 0.697. The molecule has 1 saturated heterocycles. The van der Waals surface area contributed by atoms with Crippen LogP contribution < -0.4 is 0 Å². The zero-order chi connectivity index (χ0) is 17.4. The summed E-state index contributed by atoms with van der Waals surface area (Å²) in [5.41, 5.74) is 1.12. The molecule has 0 aliphatic carbocycles. The number of aliphatic hydroxyl groups is 1. The number of thioether (sulfide) groups is 1. The highest BCUT2D eigenvalue weighted by Gasteiger charge is 2.33. The molecule has 1 fully saturated rings. The number of aliphatic carboxylic acids is 1. The van der Waals surface area contributed by atoms with E-state index in [9.17, 15) is 14.7 Å². The molecule has 1 aliphatic heterocycles. The third-order valence-corrected chi connectivity index (χ3v) is 5.61. The summed E-state index contributed by atoms with van der Waals surface area (Å²) in [6.07, 6.45) is 6.07. The number of carboxylic acids is 1. The van der Waals surface area contributed by atoms with E-state index in [1.807, 2.05) is 27.8 Å². The average molecular weight is 370 g/mol. The molecule has 2 N–H and O–H groups in total. The second kappa shape index (κ2) is 9.86. The van der Waals surface area contributed by atoms with Crippen molar-refractivity contribution in [3.8, 4) is 0 Å². The number of hydrogen-bond acceptors (Lipinski definition) is 5. The summed E-state index contributed by atoms with van der Waals surface area (Å²) in [5.74, 6) is 0.295. The monoisotopic (exact) mass is 369 g/mol. The lowest BCUT2D eigenvalue weighted by molar-refractivity contribution is -0.143. The first-order chi connectivity index (χ1) is 11.6. The lowest BCUT2D eigenvalue weighted by Crippen LogP contribution is -2.51. The Morgan fingerprint density at radius 2 is 2.33 bits per heavy atom. The number of nitrogens with zero attached hydrogens (tertiary/aromatic N) is 1. The minimum absolute atomic E-state index is 0.0845. The van der Waals surface area contributed by atoms with Crippen molar-refractivity contribution in [2.24, 2.45) is 0 Å². The van der Waals surface area contributed by atoms with Gasteiger partial charge in [-0.1, -0.05) is 12.2 Å². The third-order valence-electron chi connectivity index (χ3n) is 3.85. The Kier molecular flexibility index (Phi) is 7.81. The van der Waals surface area contributed by atoms with Gasteiger partial charge in [0.05, 0.1) is 24.3 Å². The number of β-lactam (4-membered cyclic amide) rings is 1. The SMILES string of the molecule is O=C(O)CSCCCCN1C(=O)C[C@@H]1C=CC(O)Cc1ccsc1. The highest BCUT2D eigenvalue weighted by molar-refractivity contribution is 7.99. The molecule has 0 bridgehead atoms. The molecule has 2 heterocycles. The van der Waals surface area contributed by atoms with E-state index in [0.717, 1.165) is 24.2 Å². The maximum Gasteiger partial charge on any atom is 0.313 e. The molecule has 132 valence electrons. The van der Waals surface area contributed by atoms with Crippen LogP contribution in [0.1, 0.15) is 24.8 Å². The molecule has 1 aromatic rings. The molecule has 0 saturated carbocycles. The van der Waals surface area contributed by atoms with E-state index in [4.69, 9.17) is 5.11 Å². The highest BCUT2D eigenvalue weighted by Crippen LogP contribution is 2.22. The summed E-state index contributed by atoms with van der Waals surface area (Å²) >= 11 is 3.02.